The minimum Gasteiger partial charge on any atom is -0.325 e. The number of anilines is 2. The number of carbonyl (C=O) groups excluding carboxylic acids is 2. The fourth-order valence-electron chi connectivity index (χ4n) is 3.82. The number of nitrogens with zero attached hydrogens (tertiary/aromatic N) is 2. The van der Waals surface area contributed by atoms with Crippen molar-refractivity contribution in [3.8, 4) is 17.2 Å². The molecule has 3 aromatic carbocycles. The normalized spacial score (nSPS) is 10.4. The van der Waals surface area contributed by atoms with Gasteiger partial charge in [0.05, 0.1) is 22.6 Å². The van der Waals surface area contributed by atoms with Gasteiger partial charge >= 0.3 is 0 Å². The summed E-state index contributed by atoms with van der Waals surface area (Å²) in [4.78, 5) is 30.7. The maximum Gasteiger partial charge on any atom is 0.258 e. The number of nitrogens with one attached hydrogen (secondary N) is 2. The molecule has 4 rings (SSSR count). The predicted octanol–water partition coefficient (Wildman–Crippen LogP) is 6.87. The number of aromatic nitrogens is 1. The highest BCUT2D eigenvalue weighted by atomic mass is 35.5. The Kier molecular flexibility index (Phi) is 8.24. The molecule has 2 amide bonds. The van der Waals surface area contributed by atoms with Crippen molar-refractivity contribution < 1.29 is 9.59 Å². The number of carbonyl (C=O) groups is 2. The highest BCUT2D eigenvalue weighted by Gasteiger charge is 2.25. The monoisotopic (exact) mass is 526 g/mol. The molecule has 184 valence electrons. The zero-order valence-electron chi connectivity index (χ0n) is 20.2. The lowest BCUT2D eigenvalue weighted by atomic mass is 9.94. The largest absolute Gasteiger partial charge is 0.325 e. The molecule has 6 nitrogen and oxygen atoms in total. The number of rotatable bonds is 7. The molecule has 37 heavy (non-hydrogen) atoms. The molecule has 0 saturated carbocycles. The predicted molar refractivity (Wildman–Crippen MR) is 149 cm³/mol. The van der Waals surface area contributed by atoms with E-state index in [-0.39, 0.29) is 28.7 Å². The van der Waals surface area contributed by atoms with Crippen molar-refractivity contribution in [2.45, 2.75) is 18.9 Å². The van der Waals surface area contributed by atoms with Gasteiger partial charge in [0, 0.05) is 22.0 Å². The second-order valence-corrected chi connectivity index (χ2v) is 9.62. The van der Waals surface area contributed by atoms with E-state index in [9.17, 15) is 14.9 Å². The number of aryl methyl sites for hydroxylation is 2. The average Bonchev–Trinajstić information content (AvgIpc) is 2.89. The van der Waals surface area contributed by atoms with Crippen molar-refractivity contribution >= 4 is 46.6 Å². The molecular formula is C29H23ClN4O2S. The lowest BCUT2D eigenvalue weighted by Gasteiger charge is -2.17. The van der Waals surface area contributed by atoms with Gasteiger partial charge in [-0.2, -0.15) is 5.26 Å². The van der Waals surface area contributed by atoms with Crippen LogP contribution in [-0.2, 0) is 4.79 Å². The van der Waals surface area contributed by atoms with E-state index in [1.807, 2.05) is 49.4 Å². The number of hydrogen-bond acceptors (Lipinski definition) is 5. The third-order valence-corrected chi connectivity index (χ3v) is 6.83. The second kappa shape index (κ2) is 11.7. The minimum absolute atomic E-state index is 0.0467. The number of amides is 2. The molecule has 2 N–H and O–H groups in total. The van der Waals surface area contributed by atoms with Crippen LogP contribution in [0.4, 0.5) is 11.4 Å². The number of thioether (sulfide) groups is 1. The number of para-hydroxylation sites is 2. The zero-order valence-corrected chi connectivity index (χ0v) is 21.8. The summed E-state index contributed by atoms with van der Waals surface area (Å²) in [6.45, 7) is 3.64. The molecule has 0 unspecified atom stereocenters. The summed E-state index contributed by atoms with van der Waals surface area (Å²) in [6, 6.07) is 25.7. The zero-order chi connectivity index (χ0) is 26.4. The summed E-state index contributed by atoms with van der Waals surface area (Å²) < 4.78 is 0. The lowest BCUT2D eigenvalue weighted by molar-refractivity contribution is -0.113. The highest BCUT2D eigenvalue weighted by Crippen LogP contribution is 2.36. The number of hydrogen-bond donors (Lipinski definition) is 2. The van der Waals surface area contributed by atoms with Crippen LogP contribution in [0.25, 0.3) is 11.1 Å². The Labute approximate surface area is 224 Å². The van der Waals surface area contributed by atoms with Crippen LogP contribution < -0.4 is 10.6 Å². The molecule has 0 atom stereocenters. The molecule has 1 heterocycles. The molecule has 0 spiro atoms. The number of nitriles is 1. The Morgan fingerprint density at radius 2 is 1.62 bits per heavy atom. The molecule has 0 aliphatic rings. The number of benzene rings is 3. The minimum atomic E-state index is -0.383. The first-order valence-electron chi connectivity index (χ1n) is 11.4. The Hall–Kier alpha value is -4.12. The van der Waals surface area contributed by atoms with Gasteiger partial charge in [-0.05, 0) is 55.3 Å². The van der Waals surface area contributed by atoms with Gasteiger partial charge in [-0.3, -0.25) is 9.59 Å². The fourth-order valence-corrected chi connectivity index (χ4v) is 4.78. The van der Waals surface area contributed by atoms with Gasteiger partial charge < -0.3 is 10.6 Å². The second-order valence-electron chi connectivity index (χ2n) is 8.22. The number of halogens is 1. The van der Waals surface area contributed by atoms with Crippen molar-refractivity contribution in [2.24, 2.45) is 0 Å². The lowest BCUT2D eigenvalue weighted by Crippen LogP contribution is -2.18. The highest BCUT2D eigenvalue weighted by molar-refractivity contribution is 8.00. The van der Waals surface area contributed by atoms with Gasteiger partial charge in [0.15, 0.2) is 0 Å². The third-order valence-electron chi connectivity index (χ3n) is 5.61. The molecule has 1 aromatic heterocycles. The SMILES string of the molecule is Cc1ccccc1NC(=O)CSc1nc(C)c(C(=O)Nc2ccccc2)c(-c2ccc(Cl)cc2)c1C#N. The van der Waals surface area contributed by atoms with Crippen molar-refractivity contribution in [1.82, 2.24) is 4.98 Å². The topological polar surface area (TPSA) is 94.9 Å². The summed E-state index contributed by atoms with van der Waals surface area (Å²) in [5.41, 5.74) is 4.35. The molecule has 0 fully saturated rings. The van der Waals surface area contributed by atoms with Crippen LogP contribution in [-0.4, -0.2) is 22.6 Å². The average molecular weight is 527 g/mol. The van der Waals surface area contributed by atoms with E-state index in [4.69, 9.17) is 11.6 Å². The molecule has 0 aliphatic heterocycles. The summed E-state index contributed by atoms with van der Waals surface area (Å²) in [5, 5.41) is 16.9. The molecule has 0 bridgehead atoms. The van der Waals surface area contributed by atoms with Crippen LogP contribution in [0.15, 0.2) is 83.9 Å². The summed E-state index contributed by atoms with van der Waals surface area (Å²) >= 11 is 7.25. The van der Waals surface area contributed by atoms with Gasteiger partial charge in [-0.25, -0.2) is 4.98 Å². The van der Waals surface area contributed by atoms with Crippen LogP contribution in [0.2, 0.25) is 5.02 Å². The standard InChI is InChI=1S/C29H23ClN4O2S/c1-18-8-6-7-11-24(18)34-25(35)17-37-29-23(16-31)27(20-12-14-21(30)15-13-20)26(19(2)32-29)28(36)33-22-9-4-3-5-10-22/h3-15H,17H2,1-2H3,(H,33,36)(H,34,35). The first kappa shape index (κ1) is 26.0. The van der Waals surface area contributed by atoms with Gasteiger partial charge in [-0.1, -0.05) is 71.9 Å². The first-order chi connectivity index (χ1) is 17.9. The quantitative estimate of drug-likeness (QED) is 0.256. The van der Waals surface area contributed by atoms with Gasteiger partial charge in [0.1, 0.15) is 11.1 Å². The Morgan fingerprint density at radius 1 is 0.946 bits per heavy atom. The first-order valence-corrected chi connectivity index (χ1v) is 12.8. The Balaban J connectivity index is 1.71. The van der Waals surface area contributed by atoms with Gasteiger partial charge in [0.2, 0.25) is 5.91 Å². The van der Waals surface area contributed by atoms with Crippen LogP contribution in [0, 0.1) is 25.2 Å². The number of pyridine rings is 1. The van der Waals surface area contributed by atoms with E-state index in [1.165, 1.54) is 0 Å². The molecule has 0 saturated heterocycles. The summed E-state index contributed by atoms with van der Waals surface area (Å²) in [7, 11) is 0. The Morgan fingerprint density at radius 3 is 2.30 bits per heavy atom. The third kappa shape index (κ3) is 6.18. The van der Waals surface area contributed by atoms with E-state index in [0.29, 0.717) is 32.6 Å². The van der Waals surface area contributed by atoms with E-state index < -0.39 is 0 Å². The summed E-state index contributed by atoms with van der Waals surface area (Å²) in [5.74, 6) is -0.557. The molecule has 0 radical (unpaired) electrons. The van der Waals surface area contributed by atoms with Crippen LogP contribution >= 0.6 is 23.4 Å². The molecular weight excluding hydrogens is 504 g/mol. The van der Waals surface area contributed by atoms with Crippen molar-refractivity contribution in [2.75, 3.05) is 16.4 Å². The van der Waals surface area contributed by atoms with E-state index in [2.05, 4.69) is 21.7 Å². The van der Waals surface area contributed by atoms with E-state index in [0.717, 1.165) is 23.0 Å². The fraction of sp³-hybridized carbons (Fsp3) is 0.103. The van der Waals surface area contributed by atoms with E-state index in [1.54, 1.807) is 43.3 Å². The van der Waals surface area contributed by atoms with Crippen molar-refractivity contribution in [3.05, 3.63) is 106 Å². The van der Waals surface area contributed by atoms with Gasteiger partial charge in [-0.15, -0.1) is 0 Å². The summed E-state index contributed by atoms with van der Waals surface area (Å²) in [6.07, 6.45) is 0. The molecule has 8 heteroatoms. The van der Waals surface area contributed by atoms with Crippen LogP contribution in [0.5, 0.6) is 0 Å². The molecule has 4 aromatic rings. The van der Waals surface area contributed by atoms with Crippen LogP contribution in [0.1, 0.15) is 27.2 Å². The smallest absolute Gasteiger partial charge is 0.258 e. The maximum atomic E-state index is 13.4. The molecule has 0 aliphatic carbocycles. The van der Waals surface area contributed by atoms with Crippen molar-refractivity contribution in [1.29, 1.82) is 5.26 Å². The Bertz CT molecular complexity index is 1500. The van der Waals surface area contributed by atoms with Crippen molar-refractivity contribution in [3.63, 3.8) is 0 Å². The van der Waals surface area contributed by atoms with Crippen LogP contribution in [0.3, 0.4) is 0 Å². The van der Waals surface area contributed by atoms with E-state index >= 15 is 0 Å². The maximum absolute atomic E-state index is 13.4. The van der Waals surface area contributed by atoms with Gasteiger partial charge in [0.25, 0.3) is 5.91 Å².